The molecule has 1 aromatic carbocycles. The van der Waals surface area contributed by atoms with Crippen LogP contribution in [0.2, 0.25) is 0 Å². The molecule has 0 aliphatic heterocycles. The van der Waals surface area contributed by atoms with Gasteiger partial charge in [0, 0.05) is 31.8 Å². The molecular weight excluding hydrogens is 438 g/mol. The highest BCUT2D eigenvalue weighted by atomic mass is 16.3. The summed E-state index contributed by atoms with van der Waals surface area (Å²) < 4.78 is 0. The number of aromatic hydroxyl groups is 1. The Morgan fingerprint density at radius 1 is 1.14 bits per heavy atom. The van der Waals surface area contributed by atoms with Crippen molar-refractivity contribution in [2.75, 3.05) is 13.6 Å². The molecule has 190 valence electrons. The van der Waals surface area contributed by atoms with Crippen LogP contribution in [0.15, 0.2) is 18.2 Å². The summed E-state index contributed by atoms with van der Waals surface area (Å²) >= 11 is 0. The zero-order valence-corrected chi connectivity index (χ0v) is 21.6. The van der Waals surface area contributed by atoms with E-state index in [1.165, 1.54) is 11.1 Å². The van der Waals surface area contributed by atoms with Gasteiger partial charge in [-0.15, -0.1) is 0 Å². The Morgan fingerprint density at radius 3 is 2.71 bits per heavy atom. The number of nitrogens with zero attached hydrogens (tertiary/aromatic N) is 1. The number of ketones is 1. The smallest absolute Gasteiger partial charge is 0.222 e. The van der Waals surface area contributed by atoms with Gasteiger partial charge in [0.2, 0.25) is 11.7 Å². The van der Waals surface area contributed by atoms with E-state index >= 15 is 0 Å². The second kappa shape index (κ2) is 10.3. The Balaban J connectivity index is 1.37. The molecule has 3 aliphatic carbocycles. The van der Waals surface area contributed by atoms with E-state index in [0.29, 0.717) is 42.8 Å². The normalized spacial score (nSPS) is 30.9. The van der Waals surface area contributed by atoms with Gasteiger partial charge >= 0.3 is 0 Å². The first-order valence-electron chi connectivity index (χ1n) is 13.5. The molecule has 5 atom stereocenters. The van der Waals surface area contributed by atoms with E-state index < -0.39 is 5.60 Å². The molecule has 2 fully saturated rings. The predicted molar refractivity (Wildman–Crippen MR) is 137 cm³/mol. The molecule has 5 heteroatoms. The molecule has 0 saturated heterocycles. The maximum absolute atomic E-state index is 12.5. The number of fused-ring (bicyclic) bond motifs is 5. The van der Waals surface area contributed by atoms with Gasteiger partial charge in [-0.25, -0.2) is 0 Å². The zero-order chi connectivity index (χ0) is 25.2. The first-order valence-corrected chi connectivity index (χ1v) is 13.5. The van der Waals surface area contributed by atoms with Gasteiger partial charge in [0.25, 0.3) is 0 Å². The van der Waals surface area contributed by atoms with E-state index in [2.05, 4.69) is 31.8 Å². The third-order valence-corrected chi connectivity index (χ3v) is 9.34. The lowest BCUT2D eigenvalue weighted by molar-refractivity contribution is -0.130. The van der Waals surface area contributed by atoms with Gasteiger partial charge in [0.15, 0.2) is 0 Å². The van der Waals surface area contributed by atoms with E-state index in [4.69, 9.17) is 0 Å². The fourth-order valence-electron chi connectivity index (χ4n) is 7.14. The quantitative estimate of drug-likeness (QED) is 0.427. The van der Waals surface area contributed by atoms with E-state index in [1.54, 1.807) is 11.0 Å². The fraction of sp³-hybridized carbons (Fsp3) is 0.667. The van der Waals surface area contributed by atoms with Gasteiger partial charge in [-0.2, -0.15) is 0 Å². The summed E-state index contributed by atoms with van der Waals surface area (Å²) in [7, 11) is 1.82. The molecule has 1 aromatic rings. The molecule has 35 heavy (non-hydrogen) atoms. The maximum Gasteiger partial charge on any atom is 0.222 e. The lowest BCUT2D eigenvalue weighted by Crippen LogP contribution is -2.50. The van der Waals surface area contributed by atoms with E-state index in [9.17, 15) is 19.8 Å². The van der Waals surface area contributed by atoms with Crippen molar-refractivity contribution in [2.24, 2.45) is 17.3 Å². The zero-order valence-electron chi connectivity index (χ0n) is 21.6. The SMILES string of the molecule is CCCCN(C)C(=O)CCCC(=O)C#C[C@]1(O)CC[C@H]2[C@@H]3CCc4cc(O)ccc4[C@H]3CC[C@@]21C. The Hall–Kier alpha value is -2.32. The number of carbonyl (C=O) groups excluding carboxylic acids is 2. The summed E-state index contributed by atoms with van der Waals surface area (Å²) in [6.07, 6.45) is 8.63. The third kappa shape index (κ3) is 5.00. The molecule has 0 spiro atoms. The minimum atomic E-state index is -1.14. The monoisotopic (exact) mass is 479 g/mol. The average Bonchev–Trinajstić information content (AvgIpc) is 3.11. The van der Waals surface area contributed by atoms with Gasteiger partial charge in [-0.3, -0.25) is 9.59 Å². The van der Waals surface area contributed by atoms with Crippen molar-refractivity contribution in [3.05, 3.63) is 29.3 Å². The van der Waals surface area contributed by atoms with Crippen LogP contribution in [0.25, 0.3) is 0 Å². The van der Waals surface area contributed by atoms with Crippen molar-refractivity contribution in [3.63, 3.8) is 0 Å². The number of hydrogen-bond acceptors (Lipinski definition) is 4. The Kier molecular flexibility index (Phi) is 7.62. The van der Waals surface area contributed by atoms with Crippen LogP contribution in [0.4, 0.5) is 0 Å². The minimum absolute atomic E-state index is 0.0741. The van der Waals surface area contributed by atoms with Gasteiger partial charge < -0.3 is 15.1 Å². The molecule has 5 nitrogen and oxygen atoms in total. The molecule has 2 N–H and O–H groups in total. The molecular formula is C30H41NO4. The summed E-state index contributed by atoms with van der Waals surface area (Å²) in [6, 6.07) is 5.81. The Labute approximate surface area is 210 Å². The van der Waals surface area contributed by atoms with Crippen molar-refractivity contribution in [2.45, 2.75) is 96.0 Å². The highest BCUT2D eigenvalue weighted by Crippen LogP contribution is 2.64. The van der Waals surface area contributed by atoms with Crippen molar-refractivity contribution in [1.82, 2.24) is 4.90 Å². The second-order valence-electron chi connectivity index (χ2n) is 11.3. The number of hydrogen-bond donors (Lipinski definition) is 2. The second-order valence-corrected chi connectivity index (χ2v) is 11.3. The number of aliphatic hydroxyl groups is 1. The minimum Gasteiger partial charge on any atom is -0.508 e. The molecule has 1 amide bonds. The van der Waals surface area contributed by atoms with Gasteiger partial charge in [-0.1, -0.05) is 32.3 Å². The first-order chi connectivity index (χ1) is 16.7. The van der Waals surface area contributed by atoms with E-state index in [1.807, 2.05) is 13.1 Å². The molecule has 2 saturated carbocycles. The number of phenolic OH excluding ortho intramolecular Hbond substituents is 1. The third-order valence-electron chi connectivity index (χ3n) is 9.34. The maximum atomic E-state index is 12.5. The lowest BCUT2D eigenvalue weighted by Gasteiger charge is -2.52. The van der Waals surface area contributed by atoms with Crippen LogP contribution in [0.5, 0.6) is 5.75 Å². The molecule has 3 aliphatic rings. The van der Waals surface area contributed by atoms with Crippen LogP contribution in [0, 0.1) is 29.1 Å². The number of amides is 1. The number of phenols is 1. The summed E-state index contributed by atoms with van der Waals surface area (Å²) in [5, 5.41) is 21.6. The number of carbonyl (C=O) groups is 2. The Morgan fingerprint density at radius 2 is 1.94 bits per heavy atom. The summed E-state index contributed by atoms with van der Waals surface area (Å²) in [5.41, 5.74) is 1.19. The van der Waals surface area contributed by atoms with Crippen molar-refractivity contribution in [1.29, 1.82) is 0 Å². The number of benzene rings is 1. The fourth-order valence-corrected chi connectivity index (χ4v) is 7.14. The van der Waals surface area contributed by atoms with Crippen LogP contribution in [-0.2, 0) is 16.0 Å². The lowest BCUT2D eigenvalue weighted by atomic mass is 9.53. The van der Waals surface area contributed by atoms with Crippen LogP contribution in [0.1, 0.15) is 95.1 Å². The van der Waals surface area contributed by atoms with E-state index in [0.717, 1.165) is 51.5 Å². The highest BCUT2D eigenvalue weighted by Gasteiger charge is 2.61. The molecule has 0 heterocycles. The molecule has 0 unspecified atom stereocenters. The first kappa shape index (κ1) is 25.8. The highest BCUT2D eigenvalue weighted by molar-refractivity contribution is 5.95. The van der Waals surface area contributed by atoms with E-state index in [-0.39, 0.29) is 23.5 Å². The number of Topliss-reactive ketones (excluding diaryl/α,β-unsaturated/α-hetero) is 1. The Bertz CT molecular complexity index is 1020. The van der Waals surface area contributed by atoms with Gasteiger partial charge in [0.1, 0.15) is 11.4 Å². The molecule has 0 bridgehead atoms. The summed E-state index contributed by atoms with van der Waals surface area (Å²) in [6.45, 7) is 5.03. The van der Waals surface area contributed by atoms with Crippen LogP contribution < -0.4 is 0 Å². The number of aryl methyl sites for hydroxylation is 1. The number of unbranched alkanes of at least 4 members (excludes halogenated alkanes) is 1. The van der Waals surface area contributed by atoms with Crippen LogP contribution in [0.3, 0.4) is 0 Å². The van der Waals surface area contributed by atoms with Crippen molar-refractivity contribution < 1.29 is 19.8 Å². The average molecular weight is 480 g/mol. The van der Waals surface area contributed by atoms with Crippen LogP contribution >= 0.6 is 0 Å². The van der Waals surface area contributed by atoms with Crippen molar-refractivity contribution in [3.8, 4) is 17.6 Å². The topological polar surface area (TPSA) is 77.8 Å². The van der Waals surface area contributed by atoms with Gasteiger partial charge in [-0.05, 0) is 98.3 Å². The number of rotatable bonds is 7. The molecule has 4 rings (SSSR count). The van der Waals surface area contributed by atoms with Gasteiger partial charge in [0.05, 0.1) is 0 Å². The van der Waals surface area contributed by atoms with Crippen LogP contribution in [-0.4, -0.2) is 46.0 Å². The molecule has 0 radical (unpaired) electrons. The largest absolute Gasteiger partial charge is 0.508 e. The summed E-state index contributed by atoms with van der Waals surface area (Å²) in [4.78, 5) is 26.4. The molecule has 0 aromatic heterocycles. The van der Waals surface area contributed by atoms with Crippen molar-refractivity contribution >= 4 is 11.7 Å². The predicted octanol–water partition coefficient (Wildman–Crippen LogP) is 4.98. The summed E-state index contributed by atoms with van der Waals surface area (Å²) in [5.74, 6) is 7.39. The standard InChI is InChI=1S/C30H41NO4/c1-4-5-19-31(3)28(34)8-6-7-22(32)13-17-30(35)18-15-27-26-11-9-21-20-23(33)10-12-24(21)25(26)14-16-29(27,30)2/h10,12,20,25-27,33,35H,4-9,11,14-16,18-19H2,1-3H3/t25-,26-,27+,29+,30+/m1/s1.